The fourth-order valence-electron chi connectivity index (χ4n) is 3.25. The van der Waals surface area contributed by atoms with E-state index in [2.05, 4.69) is 10.2 Å². The molecule has 1 aromatic rings. The van der Waals surface area contributed by atoms with E-state index in [1.54, 1.807) is 15.8 Å². The van der Waals surface area contributed by atoms with Gasteiger partial charge in [-0.2, -0.15) is 4.31 Å². The van der Waals surface area contributed by atoms with Crippen LogP contribution >= 0.6 is 11.3 Å². The van der Waals surface area contributed by atoms with Crippen LogP contribution in [0.4, 0.5) is 0 Å². The van der Waals surface area contributed by atoms with Crippen molar-refractivity contribution >= 4 is 21.4 Å². The second-order valence-electron chi connectivity index (χ2n) is 5.83. The van der Waals surface area contributed by atoms with Gasteiger partial charge in [0.1, 0.15) is 0 Å². The number of hydrogen-bond donors (Lipinski definition) is 1. The molecule has 1 aromatic heterocycles. The van der Waals surface area contributed by atoms with Crippen molar-refractivity contribution < 1.29 is 8.42 Å². The third-order valence-electron chi connectivity index (χ3n) is 4.40. The second kappa shape index (κ2) is 6.34. The van der Waals surface area contributed by atoms with Crippen molar-refractivity contribution in [2.75, 3.05) is 33.2 Å². The molecule has 2 aliphatic heterocycles. The third-order valence-corrected chi connectivity index (χ3v) is 7.33. The van der Waals surface area contributed by atoms with E-state index in [0.29, 0.717) is 24.0 Å². The van der Waals surface area contributed by atoms with E-state index < -0.39 is 10.0 Å². The number of nitrogens with zero attached hydrogens (tertiary/aromatic N) is 2. The number of sulfonamides is 1. The Morgan fingerprint density at radius 3 is 2.81 bits per heavy atom. The summed E-state index contributed by atoms with van der Waals surface area (Å²) in [6.45, 7) is 4.28. The van der Waals surface area contributed by atoms with E-state index in [1.807, 2.05) is 7.05 Å². The van der Waals surface area contributed by atoms with Crippen molar-refractivity contribution in [3.05, 3.63) is 16.3 Å². The predicted octanol–water partition coefficient (Wildman–Crippen LogP) is 1.33. The van der Waals surface area contributed by atoms with Crippen LogP contribution in [0.25, 0.3) is 0 Å². The van der Waals surface area contributed by atoms with Crippen LogP contribution in [0.15, 0.2) is 16.3 Å². The smallest absolute Gasteiger partial charge is 0.243 e. The van der Waals surface area contributed by atoms with Gasteiger partial charge in [-0.05, 0) is 45.5 Å². The van der Waals surface area contributed by atoms with Crippen molar-refractivity contribution in [3.63, 3.8) is 0 Å². The van der Waals surface area contributed by atoms with E-state index in [-0.39, 0.29) is 0 Å². The molecule has 2 aliphatic rings. The SMILES string of the molecule is CNCc1cc(S(=O)(=O)N2CCC(N3CCCC3)C2)cs1. The van der Waals surface area contributed by atoms with Crippen LogP contribution in [0, 0.1) is 0 Å². The van der Waals surface area contributed by atoms with Crippen LogP contribution in [0.1, 0.15) is 24.1 Å². The first kappa shape index (κ1) is 15.4. The van der Waals surface area contributed by atoms with Gasteiger partial charge in [-0.15, -0.1) is 11.3 Å². The first-order valence-corrected chi connectivity index (χ1v) is 9.89. The van der Waals surface area contributed by atoms with Crippen molar-refractivity contribution in [1.29, 1.82) is 0 Å². The minimum absolute atomic E-state index is 0.415. The first-order valence-electron chi connectivity index (χ1n) is 7.57. The third kappa shape index (κ3) is 3.17. The lowest BCUT2D eigenvalue weighted by Crippen LogP contribution is -2.37. The summed E-state index contributed by atoms with van der Waals surface area (Å²) < 4.78 is 27.1. The van der Waals surface area contributed by atoms with E-state index in [0.717, 1.165) is 30.9 Å². The highest BCUT2D eigenvalue weighted by molar-refractivity contribution is 7.89. The number of thiophene rings is 1. The minimum atomic E-state index is -3.31. The van der Waals surface area contributed by atoms with Gasteiger partial charge in [0.2, 0.25) is 10.0 Å². The molecule has 0 aromatic carbocycles. The molecule has 1 unspecified atom stereocenters. The van der Waals surface area contributed by atoms with Crippen molar-refractivity contribution in [2.45, 2.75) is 36.7 Å². The van der Waals surface area contributed by atoms with Gasteiger partial charge in [-0.25, -0.2) is 8.42 Å². The van der Waals surface area contributed by atoms with Crippen LogP contribution in [0.2, 0.25) is 0 Å². The van der Waals surface area contributed by atoms with Gasteiger partial charge in [-0.1, -0.05) is 0 Å². The van der Waals surface area contributed by atoms with Crippen LogP contribution < -0.4 is 5.32 Å². The van der Waals surface area contributed by atoms with Gasteiger partial charge in [-0.3, -0.25) is 4.90 Å². The lowest BCUT2D eigenvalue weighted by atomic mass is 10.2. The topological polar surface area (TPSA) is 52.7 Å². The molecule has 1 N–H and O–H groups in total. The molecule has 21 heavy (non-hydrogen) atoms. The molecule has 0 saturated carbocycles. The van der Waals surface area contributed by atoms with E-state index in [4.69, 9.17) is 0 Å². The van der Waals surface area contributed by atoms with E-state index in [9.17, 15) is 8.42 Å². The summed E-state index contributed by atoms with van der Waals surface area (Å²) in [4.78, 5) is 3.97. The van der Waals surface area contributed by atoms with Crippen molar-refractivity contribution in [2.24, 2.45) is 0 Å². The molecule has 0 aliphatic carbocycles. The Morgan fingerprint density at radius 2 is 2.10 bits per heavy atom. The zero-order valence-corrected chi connectivity index (χ0v) is 14.0. The summed E-state index contributed by atoms with van der Waals surface area (Å²) in [5, 5.41) is 4.83. The van der Waals surface area contributed by atoms with Gasteiger partial charge in [0, 0.05) is 35.9 Å². The maximum atomic E-state index is 12.7. The molecule has 7 heteroatoms. The highest BCUT2D eigenvalue weighted by atomic mass is 32.2. The summed E-state index contributed by atoms with van der Waals surface area (Å²) in [5.74, 6) is 0. The summed E-state index contributed by atoms with van der Waals surface area (Å²) in [6.07, 6.45) is 3.47. The van der Waals surface area contributed by atoms with E-state index in [1.165, 1.54) is 24.2 Å². The lowest BCUT2D eigenvalue weighted by molar-refractivity contribution is 0.251. The Bertz CT molecular complexity index is 579. The molecule has 3 heterocycles. The normalized spacial score (nSPS) is 24.9. The number of likely N-dealkylation sites (tertiary alicyclic amines) is 1. The molecule has 118 valence electrons. The zero-order chi connectivity index (χ0) is 14.9. The molecule has 1 atom stereocenters. The van der Waals surface area contributed by atoms with Gasteiger partial charge >= 0.3 is 0 Å². The molecule has 0 spiro atoms. The molecule has 0 radical (unpaired) electrons. The summed E-state index contributed by atoms with van der Waals surface area (Å²) >= 11 is 1.51. The maximum absolute atomic E-state index is 12.7. The van der Waals surface area contributed by atoms with Crippen molar-refractivity contribution in [1.82, 2.24) is 14.5 Å². The Hall–Kier alpha value is -0.470. The maximum Gasteiger partial charge on any atom is 0.243 e. The number of hydrogen-bond acceptors (Lipinski definition) is 5. The molecular weight excluding hydrogens is 306 g/mol. The van der Waals surface area contributed by atoms with Crippen LogP contribution in [0.3, 0.4) is 0 Å². The number of nitrogens with one attached hydrogen (secondary N) is 1. The van der Waals surface area contributed by atoms with Crippen molar-refractivity contribution in [3.8, 4) is 0 Å². The monoisotopic (exact) mass is 329 g/mol. The average Bonchev–Trinajstić information content (AvgIpc) is 3.20. The summed E-state index contributed by atoms with van der Waals surface area (Å²) in [6, 6.07) is 2.22. The minimum Gasteiger partial charge on any atom is -0.315 e. The second-order valence-corrected chi connectivity index (χ2v) is 8.76. The molecule has 2 saturated heterocycles. The Morgan fingerprint density at radius 1 is 1.33 bits per heavy atom. The van der Waals surface area contributed by atoms with Crippen LogP contribution in [-0.4, -0.2) is 56.9 Å². The molecule has 3 rings (SSSR count). The standard InChI is InChI=1S/C14H23N3O2S2/c1-15-9-13-8-14(11-20-13)21(18,19)17-7-4-12(10-17)16-5-2-3-6-16/h8,11-12,15H,2-7,9-10H2,1H3. The summed E-state index contributed by atoms with van der Waals surface area (Å²) in [5.41, 5.74) is 0. The number of rotatable bonds is 5. The quantitative estimate of drug-likeness (QED) is 0.885. The molecule has 2 fully saturated rings. The first-order chi connectivity index (χ1) is 10.1. The largest absolute Gasteiger partial charge is 0.315 e. The van der Waals surface area contributed by atoms with E-state index >= 15 is 0 Å². The van der Waals surface area contributed by atoms with Gasteiger partial charge in [0.25, 0.3) is 0 Å². The predicted molar refractivity (Wildman–Crippen MR) is 85.1 cm³/mol. The molecule has 5 nitrogen and oxygen atoms in total. The van der Waals surface area contributed by atoms with Crippen LogP contribution in [0.5, 0.6) is 0 Å². The van der Waals surface area contributed by atoms with Crippen LogP contribution in [-0.2, 0) is 16.6 Å². The Kier molecular flexibility index (Phi) is 4.66. The Balaban J connectivity index is 1.70. The lowest BCUT2D eigenvalue weighted by Gasteiger charge is -2.23. The Labute approximate surface area is 131 Å². The fraction of sp³-hybridized carbons (Fsp3) is 0.714. The van der Waals surface area contributed by atoms with Gasteiger partial charge < -0.3 is 5.32 Å². The highest BCUT2D eigenvalue weighted by Crippen LogP contribution is 2.28. The fourth-order valence-corrected chi connectivity index (χ4v) is 6.01. The van der Waals surface area contributed by atoms with Gasteiger partial charge in [0.05, 0.1) is 4.90 Å². The molecular formula is C14H23N3O2S2. The summed E-state index contributed by atoms with van der Waals surface area (Å²) in [7, 11) is -1.44. The average molecular weight is 329 g/mol. The van der Waals surface area contributed by atoms with Gasteiger partial charge in [0.15, 0.2) is 0 Å². The molecule has 0 bridgehead atoms. The zero-order valence-electron chi connectivity index (χ0n) is 12.4. The molecule has 0 amide bonds. The highest BCUT2D eigenvalue weighted by Gasteiger charge is 2.36.